The molecular weight excluding hydrogens is 359 g/mol. The highest BCUT2D eigenvalue weighted by molar-refractivity contribution is 7.13. The molecule has 0 amide bonds. The lowest BCUT2D eigenvalue weighted by Crippen LogP contribution is -2.06. The number of benzene rings is 2. The number of alkyl halides is 3. The molecule has 2 heterocycles. The smallest absolute Gasteiger partial charge is 0.338 e. The van der Waals surface area contributed by atoms with E-state index in [2.05, 4.69) is 15.3 Å². The fraction of sp³-hybridized carbons (Fsp3) is 0.0526. The molecule has 4 rings (SSSR count). The quantitative estimate of drug-likeness (QED) is 0.471. The number of para-hydroxylation sites is 2. The van der Waals surface area contributed by atoms with Crippen molar-refractivity contribution in [3.8, 4) is 10.6 Å². The van der Waals surface area contributed by atoms with Crippen molar-refractivity contribution in [3.63, 3.8) is 0 Å². The molecule has 0 aliphatic rings. The minimum atomic E-state index is -4.40. The molecule has 2 aromatic heterocycles. The third kappa shape index (κ3) is 3.25. The number of hydrogen-bond acceptors (Lipinski definition) is 4. The average molecular weight is 371 g/mol. The predicted molar refractivity (Wildman–Crippen MR) is 97.6 cm³/mol. The largest absolute Gasteiger partial charge is 0.416 e. The summed E-state index contributed by atoms with van der Waals surface area (Å²) in [6.07, 6.45) is -4.40. The van der Waals surface area contributed by atoms with Crippen molar-refractivity contribution >= 4 is 33.9 Å². The van der Waals surface area contributed by atoms with Crippen molar-refractivity contribution in [1.82, 2.24) is 9.97 Å². The van der Waals surface area contributed by atoms with E-state index in [0.29, 0.717) is 22.7 Å². The van der Waals surface area contributed by atoms with Crippen molar-refractivity contribution in [2.45, 2.75) is 6.18 Å². The summed E-state index contributed by atoms with van der Waals surface area (Å²) in [6, 6.07) is 16.2. The first-order valence-corrected chi connectivity index (χ1v) is 8.63. The minimum absolute atomic E-state index is 0.308. The maximum Gasteiger partial charge on any atom is 0.416 e. The number of aromatic nitrogens is 2. The highest BCUT2D eigenvalue weighted by atomic mass is 32.1. The molecule has 26 heavy (non-hydrogen) atoms. The number of nitrogens with one attached hydrogen (secondary N) is 1. The number of nitrogens with zero attached hydrogens (tertiary/aromatic N) is 2. The molecule has 2 aromatic carbocycles. The second-order valence-corrected chi connectivity index (χ2v) is 6.54. The van der Waals surface area contributed by atoms with Crippen molar-refractivity contribution in [3.05, 3.63) is 71.6 Å². The Hall–Kier alpha value is -2.93. The van der Waals surface area contributed by atoms with Crippen molar-refractivity contribution in [1.29, 1.82) is 0 Å². The Kier molecular flexibility index (Phi) is 4.08. The molecule has 3 nitrogen and oxygen atoms in total. The van der Waals surface area contributed by atoms with Crippen LogP contribution in [0.1, 0.15) is 5.56 Å². The van der Waals surface area contributed by atoms with E-state index in [1.165, 1.54) is 17.4 Å². The van der Waals surface area contributed by atoms with Gasteiger partial charge in [-0.3, -0.25) is 0 Å². The molecule has 0 aliphatic carbocycles. The Morgan fingerprint density at radius 1 is 0.846 bits per heavy atom. The van der Waals surface area contributed by atoms with Gasteiger partial charge in [-0.25, -0.2) is 9.97 Å². The SMILES string of the molecule is FC(F)(F)c1cccc(Nc2nc3ccccc3nc2-c2cccs2)c1. The van der Waals surface area contributed by atoms with Gasteiger partial charge in [0.25, 0.3) is 0 Å². The maximum atomic E-state index is 13.0. The van der Waals surface area contributed by atoms with Gasteiger partial charge in [0.1, 0.15) is 5.69 Å². The second-order valence-electron chi connectivity index (χ2n) is 5.59. The zero-order valence-electron chi connectivity index (χ0n) is 13.3. The summed E-state index contributed by atoms with van der Waals surface area (Å²) in [7, 11) is 0. The summed E-state index contributed by atoms with van der Waals surface area (Å²) in [5, 5.41) is 4.92. The molecule has 0 saturated heterocycles. The molecule has 0 aliphatic heterocycles. The highest BCUT2D eigenvalue weighted by Gasteiger charge is 2.30. The lowest BCUT2D eigenvalue weighted by molar-refractivity contribution is -0.137. The predicted octanol–water partition coefficient (Wildman–Crippen LogP) is 6.12. The van der Waals surface area contributed by atoms with Gasteiger partial charge in [-0.1, -0.05) is 24.3 Å². The summed E-state index contributed by atoms with van der Waals surface area (Å²) in [4.78, 5) is 10.1. The summed E-state index contributed by atoms with van der Waals surface area (Å²) in [5.41, 5.74) is 1.60. The van der Waals surface area contributed by atoms with E-state index in [1.807, 2.05) is 41.8 Å². The first-order chi connectivity index (χ1) is 12.5. The van der Waals surface area contributed by atoms with Gasteiger partial charge >= 0.3 is 6.18 Å². The van der Waals surface area contributed by atoms with Gasteiger partial charge < -0.3 is 5.32 Å². The summed E-state index contributed by atoms with van der Waals surface area (Å²) in [6.45, 7) is 0. The minimum Gasteiger partial charge on any atom is -0.338 e. The van der Waals surface area contributed by atoms with Gasteiger partial charge in [-0.2, -0.15) is 13.2 Å². The van der Waals surface area contributed by atoms with E-state index in [0.717, 1.165) is 22.5 Å². The zero-order chi connectivity index (χ0) is 18.1. The molecule has 0 unspecified atom stereocenters. The van der Waals surface area contributed by atoms with Crippen LogP contribution < -0.4 is 5.32 Å². The van der Waals surface area contributed by atoms with E-state index >= 15 is 0 Å². The van der Waals surface area contributed by atoms with Crippen LogP contribution in [0.4, 0.5) is 24.7 Å². The topological polar surface area (TPSA) is 37.8 Å². The zero-order valence-corrected chi connectivity index (χ0v) is 14.1. The molecule has 0 fully saturated rings. The Labute approximate surface area is 151 Å². The van der Waals surface area contributed by atoms with Crippen LogP contribution in [0.25, 0.3) is 21.6 Å². The first-order valence-electron chi connectivity index (χ1n) is 7.76. The average Bonchev–Trinajstić information content (AvgIpc) is 3.15. The number of anilines is 2. The van der Waals surface area contributed by atoms with Gasteiger partial charge in [0.2, 0.25) is 0 Å². The van der Waals surface area contributed by atoms with Gasteiger partial charge in [-0.05, 0) is 41.8 Å². The standard InChI is InChI=1S/C19H12F3N3S/c20-19(21,22)12-5-3-6-13(11-12)23-18-17(16-9-4-10-26-16)24-14-7-1-2-8-15(14)25-18/h1-11H,(H,23,25). The van der Waals surface area contributed by atoms with Crippen molar-refractivity contribution in [2.24, 2.45) is 0 Å². The lowest BCUT2D eigenvalue weighted by Gasteiger charge is -2.13. The van der Waals surface area contributed by atoms with E-state index in [1.54, 1.807) is 6.07 Å². The van der Waals surface area contributed by atoms with Crippen molar-refractivity contribution < 1.29 is 13.2 Å². The Morgan fingerprint density at radius 2 is 1.62 bits per heavy atom. The van der Waals surface area contributed by atoms with Crippen LogP contribution in [0.2, 0.25) is 0 Å². The van der Waals surface area contributed by atoms with Gasteiger partial charge in [-0.15, -0.1) is 11.3 Å². The third-order valence-electron chi connectivity index (χ3n) is 3.78. The molecule has 130 valence electrons. The van der Waals surface area contributed by atoms with Gasteiger partial charge in [0.05, 0.1) is 21.5 Å². The Bertz CT molecular complexity index is 1060. The fourth-order valence-corrected chi connectivity index (χ4v) is 3.30. The summed E-state index contributed by atoms with van der Waals surface area (Å²) < 4.78 is 38.9. The Balaban J connectivity index is 1.82. The van der Waals surface area contributed by atoms with Crippen molar-refractivity contribution in [2.75, 3.05) is 5.32 Å². The van der Waals surface area contributed by atoms with Crippen LogP contribution in [-0.2, 0) is 6.18 Å². The van der Waals surface area contributed by atoms with Gasteiger partial charge in [0, 0.05) is 5.69 Å². The summed E-state index contributed by atoms with van der Waals surface area (Å²) >= 11 is 1.49. The second kappa shape index (κ2) is 6.42. The van der Waals surface area contributed by atoms with E-state index in [-0.39, 0.29) is 0 Å². The summed E-state index contributed by atoms with van der Waals surface area (Å²) in [5.74, 6) is 0.422. The van der Waals surface area contributed by atoms with Gasteiger partial charge in [0.15, 0.2) is 5.82 Å². The Morgan fingerprint density at radius 3 is 2.31 bits per heavy atom. The maximum absolute atomic E-state index is 13.0. The van der Waals surface area contributed by atoms with Crippen LogP contribution >= 0.6 is 11.3 Å². The fourth-order valence-electron chi connectivity index (χ4n) is 2.58. The van der Waals surface area contributed by atoms with E-state index in [4.69, 9.17) is 0 Å². The number of thiophene rings is 1. The van der Waals surface area contributed by atoms with E-state index < -0.39 is 11.7 Å². The molecule has 0 spiro atoms. The van der Waals surface area contributed by atoms with E-state index in [9.17, 15) is 13.2 Å². The number of fused-ring (bicyclic) bond motifs is 1. The first kappa shape index (κ1) is 16.5. The normalized spacial score (nSPS) is 11.7. The molecule has 7 heteroatoms. The third-order valence-corrected chi connectivity index (χ3v) is 4.65. The molecule has 0 saturated carbocycles. The lowest BCUT2D eigenvalue weighted by atomic mass is 10.2. The molecule has 1 N–H and O–H groups in total. The molecule has 0 bridgehead atoms. The molecule has 4 aromatic rings. The molecule has 0 atom stereocenters. The van der Waals surface area contributed by atoms with Crippen LogP contribution in [0.3, 0.4) is 0 Å². The van der Waals surface area contributed by atoms with Crippen LogP contribution in [0, 0.1) is 0 Å². The monoisotopic (exact) mass is 371 g/mol. The van der Waals surface area contributed by atoms with Crippen LogP contribution in [-0.4, -0.2) is 9.97 Å². The highest BCUT2D eigenvalue weighted by Crippen LogP contribution is 2.34. The number of rotatable bonds is 3. The van der Waals surface area contributed by atoms with Crippen LogP contribution in [0.15, 0.2) is 66.0 Å². The van der Waals surface area contributed by atoms with Crippen LogP contribution in [0.5, 0.6) is 0 Å². The number of hydrogen-bond donors (Lipinski definition) is 1. The molecular formula is C19H12F3N3S. The number of halogens is 3. The molecule has 0 radical (unpaired) electrons.